The average Bonchev–Trinajstić information content (AvgIpc) is 3.08. The molecule has 7 heteroatoms. The molecular formula is C19H26N4O3. The Hall–Kier alpha value is -2.83. The lowest BCUT2D eigenvalue weighted by atomic mass is 10.0. The Kier molecular flexibility index (Phi) is 6.77. The number of amides is 3. The molecule has 0 bridgehead atoms. The van der Waals surface area contributed by atoms with Crippen LogP contribution in [0.25, 0.3) is 11.3 Å². The average molecular weight is 358 g/mol. The van der Waals surface area contributed by atoms with E-state index >= 15 is 0 Å². The summed E-state index contributed by atoms with van der Waals surface area (Å²) in [6.45, 7) is 4.28. The van der Waals surface area contributed by atoms with Gasteiger partial charge in [-0.15, -0.1) is 0 Å². The number of rotatable bonds is 8. The number of hydrogen-bond acceptors (Lipinski definition) is 4. The van der Waals surface area contributed by atoms with Gasteiger partial charge < -0.3 is 20.5 Å². The Bertz CT molecular complexity index is 727. The monoisotopic (exact) mass is 358 g/mol. The molecular weight excluding hydrogens is 332 g/mol. The summed E-state index contributed by atoms with van der Waals surface area (Å²) in [4.78, 5) is 25.2. The Morgan fingerprint density at radius 2 is 1.96 bits per heavy atom. The zero-order chi connectivity index (χ0) is 19.1. The van der Waals surface area contributed by atoms with Crippen molar-refractivity contribution in [2.75, 3.05) is 13.6 Å². The summed E-state index contributed by atoms with van der Waals surface area (Å²) in [5, 5.41) is 6.60. The van der Waals surface area contributed by atoms with Crippen LogP contribution in [0.4, 0.5) is 4.79 Å². The van der Waals surface area contributed by atoms with Crippen LogP contribution >= 0.6 is 0 Å². The van der Waals surface area contributed by atoms with Crippen molar-refractivity contribution in [1.29, 1.82) is 0 Å². The molecule has 0 fully saturated rings. The fraction of sp³-hybridized carbons (Fsp3) is 0.421. The number of primary amides is 1. The van der Waals surface area contributed by atoms with Crippen molar-refractivity contribution in [3.05, 3.63) is 42.2 Å². The lowest BCUT2D eigenvalue weighted by molar-refractivity contribution is -0.133. The predicted octanol–water partition coefficient (Wildman–Crippen LogP) is 2.43. The lowest BCUT2D eigenvalue weighted by Gasteiger charge is -2.26. The molecule has 0 spiro atoms. The second kappa shape index (κ2) is 9.03. The molecule has 0 saturated heterocycles. The number of nitrogens with two attached hydrogens (primary N) is 1. The molecule has 26 heavy (non-hydrogen) atoms. The van der Waals surface area contributed by atoms with Gasteiger partial charge >= 0.3 is 6.03 Å². The highest BCUT2D eigenvalue weighted by molar-refractivity contribution is 5.86. The van der Waals surface area contributed by atoms with E-state index in [1.807, 2.05) is 50.2 Å². The number of carbonyl (C=O) groups excluding carboxylic acids is 2. The van der Waals surface area contributed by atoms with Crippen LogP contribution in [0, 0.1) is 5.92 Å². The van der Waals surface area contributed by atoms with E-state index in [-0.39, 0.29) is 11.8 Å². The maximum Gasteiger partial charge on any atom is 0.312 e. The lowest BCUT2D eigenvalue weighted by Crippen LogP contribution is -2.51. The highest BCUT2D eigenvalue weighted by atomic mass is 16.5. The molecule has 0 saturated carbocycles. The van der Waals surface area contributed by atoms with Crippen molar-refractivity contribution >= 4 is 11.9 Å². The highest BCUT2D eigenvalue weighted by Gasteiger charge is 2.26. The summed E-state index contributed by atoms with van der Waals surface area (Å²) < 4.78 is 5.37. The van der Waals surface area contributed by atoms with Crippen molar-refractivity contribution in [3.8, 4) is 11.3 Å². The summed E-state index contributed by atoms with van der Waals surface area (Å²) >= 11 is 0. The summed E-state index contributed by atoms with van der Waals surface area (Å²) in [5.74, 6) is 0.585. The first-order valence-corrected chi connectivity index (χ1v) is 8.70. The maximum absolute atomic E-state index is 12.5. The van der Waals surface area contributed by atoms with Gasteiger partial charge in [0.05, 0.1) is 0 Å². The Balaban J connectivity index is 1.86. The van der Waals surface area contributed by atoms with Crippen LogP contribution in [0.2, 0.25) is 0 Å². The number of benzene rings is 1. The first-order valence-electron chi connectivity index (χ1n) is 8.70. The van der Waals surface area contributed by atoms with Crippen molar-refractivity contribution in [1.82, 2.24) is 15.4 Å². The normalized spacial score (nSPS) is 12.0. The van der Waals surface area contributed by atoms with E-state index in [0.717, 1.165) is 23.4 Å². The number of aromatic nitrogens is 1. The van der Waals surface area contributed by atoms with E-state index in [4.69, 9.17) is 10.3 Å². The van der Waals surface area contributed by atoms with Gasteiger partial charge in [0.1, 0.15) is 17.5 Å². The Morgan fingerprint density at radius 3 is 2.58 bits per heavy atom. The van der Waals surface area contributed by atoms with Crippen LogP contribution in [-0.4, -0.2) is 41.6 Å². The summed E-state index contributed by atoms with van der Waals surface area (Å²) in [7, 11) is 1.72. The number of aryl methyl sites for hydroxylation is 1. The predicted molar refractivity (Wildman–Crippen MR) is 99.2 cm³/mol. The van der Waals surface area contributed by atoms with Gasteiger partial charge in [0, 0.05) is 31.6 Å². The molecule has 0 aliphatic carbocycles. The van der Waals surface area contributed by atoms with Crippen molar-refractivity contribution in [2.45, 2.75) is 32.7 Å². The van der Waals surface area contributed by atoms with Gasteiger partial charge in [0.15, 0.2) is 0 Å². The highest BCUT2D eigenvalue weighted by Crippen LogP contribution is 2.19. The number of nitrogens with zero attached hydrogens (tertiary/aromatic N) is 2. The number of carbonyl (C=O) groups is 2. The topological polar surface area (TPSA) is 101 Å². The van der Waals surface area contributed by atoms with Crippen LogP contribution in [-0.2, 0) is 11.2 Å². The van der Waals surface area contributed by atoms with E-state index in [1.165, 1.54) is 0 Å². The zero-order valence-electron chi connectivity index (χ0n) is 15.4. The first kappa shape index (κ1) is 19.5. The molecule has 0 aliphatic rings. The third kappa shape index (κ3) is 5.34. The van der Waals surface area contributed by atoms with Gasteiger partial charge in [0.25, 0.3) is 0 Å². The molecule has 140 valence electrons. The summed E-state index contributed by atoms with van der Waals surface area (Å²) in [6, 6.07) is 10.4. The van der Waals surface area contributed by atoms with Gasteiger partial charge in [0.2, 0.25) is 5.91 Å². The number of likely N-dealkylation sites (N-methyl/N-ethyl adjacent to an activating group) is 1. The zero-order valence-corrected chi connectivity index (χ0v) is 15.4. The third-order valence-corrected chi connectivity index (χ3v) is 4.15. The van der Waals surface area contributed by atoms with Crippen molar-refractivity contribution < 1.29 is 14.1 Å². The SMILES string of the molecule is CC(C)[C@H](NC(N)=O)C(=O)N(C)CCCc1cc(-c2ccccc2)no1. The molecule has 0 unspecified atom stereocenters. The van der Waals surface area contributed by atoms with Crippen molar-refractivity contribution in [2.24, 2.45) is 11.7 Å². The molecule has 1 atom stereocenters. The van der Waals surface area contributed by atoms with Crippen LogP contribution in [0.3, 0.4) is 0 Å². The fourth-order valence-corrected chi connectivity index (χ4v) is 2.68. The van der Waals surface area contributed by atoms with E-state index in [1.54, 1.807) is 11.9 Å². The molecule has 3 N–H and O–H groups in total. The van der Waals surface area contributed by atoms with E-state index in [9.17, 15) is 9.59 Å². The fourth-order valence-electron chi connectivity index (χ4n) is 2.68. The van der Waals surface area contributed by atoms with Gasteiger partial charge in [-0.3, -0.25) is 4.79 Å². The van der Waals surface area contributed by atoms with Gasteiger partial charge in [-0.1, -0.05) is 49.3 Å². The number of hydrogen-bond donors (Lipinski definition) is 2. The molecule has 1 heterocycles. The second-order valence-corrected chi connectivity index (χ2v) is 6.64. The minimum absolute atomic E-state index is 0.0415. The largest absolute Gasteiger partial charge is 0.361 e. The van der Waals surface area contributed by atoms with Crippen LogP contribution < -0.4 is 11.1 Å². The summed E-state index contributed by atoms with van der Waals surface area (Å²) in [5.41, 5.74) is 6.96. The van der Waals surface area contributed by atoms with Crippen LogP contribution in [0.1, 0.15) is 26.0 Å². The van der Waals surface area contributed by atoms with Crippen LogP contribution in [0.5, 0.6) is 0 Å². The molecule has 1 aromatic carbocycles. The van der Waals surface area contributed by atoms with E-state index in [0.29, 0.717) is 13.0 Å². The third-order valence-electron chi connectivity index (χ3n) is 4.15. The van der Waals surface area contributed by atoms with E-state index in [2.05, 4.69) is 10.5 Å². The maximum atomic E-state index is 12.5. The molecule has 7 nitrogen and oxygen atoms in total. The van der Waals surface area contributed by atoms with Gasteiger partial charge in [-0.25, -0.2) is 4.79 Å². The van der Waals surface area contributed by atoms with Crippen LogP contribution in [0.15, 0.2) is 40.9 Å². The summed E-state index contributed by atoms with van der Waals surface area (Å²) in [6.07, 6.45) is 1.40. The molecule has 0 aliphatic heterocycles. The number of nitrogens with one attached hydrogen (secondary N) is 1. The van der Waals surface area contributed by atoms with Gasteiger partial charge in [-0.05, 0) is 12.3 Å². The van der Waals surface area contributed by atoms with Gasteiger partial charge in [-0.2, -0.15) is 0 Å². The second-order valence-electron chi connectivity index (χ2n) is 6.64. The molecule has 3 amide bonds. The molecule has 2 rings (SSSR count). The smallest absolute Gasteiger partial charge is 0.312 e. The van der Waals surface area contributed by atoms with Crippen molar-refractivity contribution in [3.63, 3.8) is 0 Å². The minimum atomic E-state index is -0.694. The number of urea groups is 1. The Labute approximate surface area is 153 Å². The molecule has 1 aromatic heterocycles. The standard InChI is InChI=1S/C19H26N4O3/c1-13(2)17(21-19(20)25)18(24)23(3)11-7-10-15-12-16(22-26-15)14-8-5-4-6-9-14/h4-6,8-9,12-13,17H,7,10-11H2,1-3H3,(H3,20,21,25)/t17-/m0/s1. The quantitative estimate of drug-likeness (QED) is 0.756. The molecule has 0 radical (unpaired) electrons. The molecule has 2 aromatic rings. The van der Waals surface area contributed by atoms with E-state index < -0.39 is 12.1 Å². The minimum Gasteiger partial charge on any atom is -0.361 e. The first-order chi connectivity index (χ1) is 12.4. The Morgan fingerprint density at radius 1 is 1.27 bits per heavy atom.